The Bertz CT molecular complexity index is 109. The summed E-state index contributed by atoms with van der Waals surface area (Å²) in [4.78, 5) is 0. The highest BCUT2D eigenvalue weighted by Gasteiger charge is 2.27. The van der Waals surface area contributed by atoms with Crippen LogP contribution in [0.25, 0.3) is 0 Å². The number of rotatable bonds is 3. The van der Waals surface area contributed by atoms with Gasteiger partial charge in [-0.05, 0) is 31.1 Å². The molecular weight excluding hydrogens is 136 g/mol. The highest BCUT2D eigenvalue weighted by molar-refractivity contribution is 4.78. The third kappa shape index (κ3) is 2.48. The van der Waals surface area contributed by atoms with E-state index in [0.717, 1.165) is 11.8 Å². The van der Waals surface area contributed by atoms with Crippen LogP contribution >= 0.6 is 0 Å². The fourth-order valence-electron chi connectivity index (χ4n) is 2.19. The third-order valence-corrected chi connectivity index (χ3v) is 2.67. The maximum absolute atomic E-state index is 5.42. The summed E-state index contributed by atoms with van der Waals surface area (Å²) in [6.45, 7) is 4.59. The van der Waals surface area contributed by atoms with Crippen molar-refractivity contribution in [3.8, 4) is 0 Å². The summed E-state index contributed by atoms with van der Waals surface area (Å²) in [5, 5.41) is 0. The summed E-state index contributed by atoms with van der Waals surface area (Å²) in [5.41, 5.74) is 0. The van der Waals surface area contributed by atoms with Crippen LogP contribution in [0.5, 0.6) is 0 Å². The van der Waals surface area contributed by atoms with E-state index in [2.05, 4.69) is 13.8 Å². The van der Waals surface area contributed by atoms with Crippen molar-refractivity contribution >= 4 is 0 Å². The van der Waals surface area contributed by atoms with Crippen LogP contribution in [0.15, 0.2) is 0 Å². The van der Waals surface area contributed by atoms with E-state index in [-0.39, 0.29) is 0 Å². The van der Waals surface area contributed by atoms with Gasteiger partial charge < -0.3 is 4.74 Å². The van der Waals surface area contributed by atoms with Crippen molar-refractivity contribution in [3.05, 3.63) is 0 Å². The maximum Gasteiger partial charge on any atom is 0.0599 e. The number of ether oxygens (including phenoxy) is 1. The molecule has 0 radical (unpaired) electrons. The fourth-order valence-corrected chi connectivity index (χ4v) is 2.19. The summed E-state index contributed by atoms with van der Waals surface area (Å²) in [5.74, 6) is 1.68. The van der Waals surface area contributed by atoms with E-state index in [9.17, 15) is 0 Å². The van der Waals surface area contributed by atoms with Gasteiger partial charge in [-0.3, -0.25) is 0 Å². The molecule has 2 atom stereocenters. The van der Waals surface area contributed by atoms with Gasteiger partial charge in [0, 0.05) is 7.11 Å². The number of hydrogen-bond donors (Lipinski definition) is 0. The van der Waals surface area contributed by atoms with Crippen LogP contribution in [-0.2, 0) is 4.74 Å². The number of methoxy groups -OCH3 is 1. The Morgan fingerprint density at radius 1 is 1.36 bits per heavy atom. The smallest absolute Gasteiger partial charge is 0.0599 e. The van der Waals surface area contributed by atoms with E-state index >= 15 is 0 Å². The Morgan fingerprint density at radius 3 is 2.64 bits per heavy atom. The SMILES string of the molecule is CO[C@H]1CCC[C@H]1CC(C)C. The molecule has 1 rings (SSSR count). The van der Waals surface area contributed by atoms with Crippen LogP contribution in [0, 0.1) is 11.8 Å². The molecule has 0 aromatic heterocycles. The summed E-state index contributed by atoms with van der Waals surface area (Å²) in [6.07, 6.45) is 5.95. The van der Waals surface area contributed by atoms with E-state index in [1.54, 1.807) is 0 Å². The Kier molecular flexibility index (Phi) is 3.38. The molecule has 0 aromatic rings. The van der Waals surface area contributed by atoms with Gasteiger partial charge in [-0.25, -0.2) is 0 Å². The van der Waals surface area contributed by atoms with E-state index in [1.807, 2.05) is 7.11 Å². The first-order chi connectivity index (χ1) is 5.24. The molecule has 1 aliphatic carbocycles. The highest BCUT2D eigenvalue weighted by Crippen LogP contribution is 2.32. The Hall–Kier alpha value is -0.0400. The van der Waals surface area contributed by atoms with Gasteiger partial charge in [-0.1, -0.05) is 20.3 Å². The Balaban J connectivity index is 2.31. The molecule has 66 valence electrons. The zero-order chi connectivity index (χ0) is 8.27. The van der Waals surface area contributed by atoms with Gasteiger partial charge in [0.15, 0.2) is 0 Å². The molecule has 0 heterocycles. The first kappa shape index (κ1) is 9.05. The topological polar surface area (TPSA) is 9.23 Å². The average molecular weight is 156 g/mol. The molecule has 0 aromatic carbocycles. The molecule has 1 heteroatoms. The third-order valence-electron chi connectivity index (χ3n) is 2.67. The van der Waals surface area contributed by atoms with Crippen molar-refractivity contribution in [2.75, 3.05) is 7.11 Å². The van der Waals surface area contributed by atoms with Crippen LogP contribution < -0.4 is 0 Å². The van der Waals surface area contributed by atoms with Crippen LogP contribution in [0.4, 0.5) is 0 Å². The minimum absolute atomic E-state index is 0.567. The lowest BCUT2D eigenvalue weighted by molar-refractivity contribution is 0.0635. The highest BCUT2D eigenvalue weighted by atomic mass is 16.5. The summed E-state index contributed by atoms with van der Waals surface area (Å²) >= 11 is 0. The molecular formula is C10H20O. The predicted molar refractivity (Wildman–Crippen MR) is 47.6 cm³/mol. The minimum Gasteiger partial charge on any atom is -0.381 e. The average Bonchev–Trinajstić information content (AvgIpc) is 2.34. The van der Waals surface area contributed by atoms with E-state index in [4.69, 9.17) is 4.74 Å². The summed E-state index contributed by atoms with van der Waals surface area (Å²) in [7, 11) is 1.85. The van der Waals surface area contributed by atoms with E-state index in [0.29, 0.717) is 6.10 Å². The van der Waals surface area contributed by atoms with E-state index < -0.39 is 0 Å². The van der Waals surface area contributed by atoms with Gasteiger partial charge in [0.1, 0.15) is 0 Å². The molecule has 1 nitrogen and oxygen atoms in total. The lowest BCUT2D eigenvalue weighted by atomic mass is 9.94. The van der Waals surface area contributed by atoms with Crippen LogP contribution in [0.1, 0.15) is 39.5 Å². The molecule has 1 saturated carbocycles. The quantitative estimate of drug-likeness (QED) is 0.610. The van der Waals surface area contributed by atoms with Crippen LogP contribution in [-0.4, -0.2) is 13.2 Å². The van der Waals surface area contributed by atoms with Gasteiger partial charge in [0.2, 0.25) is 0 Å². The lowest BCUT2D eigenvalue weighted by Crippen LogP contribution is -2.17. The van der Waals surface area contributed by atoms with Crippen LogP contribution in [0.2, 0.25) is 0 Å². The molecule has 0 saturated heterocycles. The largest absolute Gasteiger partial charge is 0.381 e. The standard InChI is InChI=1S/C10H20O/c1-8(2)7-9-5-4-6-10(9)11-3/h8-10H,4-7H2,1-3H3/t9-,10-/m0/s1. The molecule has 0 spiro atoms. The molecule has 0 unspecified atom stereocenters. The second-order valence-corrected chi connectivity index (χ2v) is 4.09. The number of hydrogen-bond acceptors (Lipinski definition) is 1. The van der Waals surface area contributed by atoms with Crippen molar-refractivity contribution in [1.82, 2.24) is 0 Å². The van der Waals surface area contributed by atoms with Gasteiger partial charge >= 0.3 is 0 Å². The van der Waals surface area contributed by atoms with Crippen molar-refractivity contribution in [3.63, 3.8) is 0 Å². The molecule has 11 heavy (non-hydrogen) atoms. The van der Waals surface area contributed by atoms with Crippen molar-refractivity contribution in [2.24, 2.45) is 11.8 Å². The van der Waals surface area contributed by atoms with Crippen LogP contribution in [0.3, 0.4) is 0 Å². The van der Waals surface area contributed by atoms with E-state index in [1.165, 1.54) is 25.7 Å². The molecule has 0 N–H and O–H groups in total. The summed E-state index contributed by atoms with van der Waals surface area (Å²) in [6, 6.07) is 0. The van der Waals surface area contributed by atoms with Gasteiger partial charge in [0.05, 0.1) is 6.10 Å². The molecule has 1 fully saturated rings. The van der Waals surface area contributed by atoms with Gasteiger partial charge in [-0.2, -0.15) is 0 Å². The molecule has 0 bridgehead atoms. The minimum atomic E-state index is 0.567. The zero-order valence-corrected chi connectivity index (χ0v) is 7.97. The molecule has 1 aliphatic rings. The first-order valence-electron chi connectivity index (χ1n) is 4.76. The summed E-state index contributed by atoms with van der Waals surface area (Å²) < 4.78 is 5.42. The fraction of sp³-hybridized carbons (Fsp3) is 1.00. The second-order valence-electron chi connectivity index (χ2n) is 4.09. The van der Waals surface area contributed by atoms with Gasteiger partial charge in [-0.15, -0.1) is 0 Å². The molecule has 0 amide bonds. The second kappa shape index (κ2) is 4.10. The van der Waals surface area contributed by atoms with Gasteiger partial charge in [0.25, 0.3) is 0 Å². The normalized spacial score (nSPS) is 31.6. The predicted octanol–water partition coefficient (Wildman–Crippen LogP) is 2.85. The van der Waals surface area contributed by atoms with Crippen molar-refractivity contribution < 1.29 is 4.74 Å². The Morgan fingerprint density at radius 2 is 2.09 bits per heavy atom. The molecule has 0 aliphatic heterocycles. The zero-order valence-electron chi connectivity index (χ0n) is 7.97. The monoisotopic (exact) mass is 156 g/mol. The first-order valence-corrected chi connectivity index (χ1v) is 4.76. The van der Waals surface area contributed by atoms with Crippen molar-refractivity contribution in [2.45, 2.75) is 45.6 Å². The Labute approximate surface area is 70.1 Å². The maximum atomic E-state index is 5.42. The lowest BCUT2D eigenvalue weighted by Gasteiger charge is -2.19. The van der Waals surface area contributed by atoms with Crippen molar-refractivity contribution in [1.29, 1.82) is 0 Å².